The van der Waals surface area contributed by atoms with Crippen molar-refractivity contribution in [3.8, 4) is 0 Å². The molecule has 0 fully saturated rings. The summed E-state index contributed by atoms with van der Waals surface area (Å²) in [4.78, 5) is 0. The molecule has 0 aromatic heterocycles. The second-order valence-electron chi connectivity index (χ2n) is 0. The van der Waals surface area contributed by atoms with Gasteiger partial charge < -0.3 is 0 Å². The van der Waals surface area contributed by atoms with Crippen molar-refractivity contribution >= 4 is 86.8 Å². The molecule has 0 atom stereocenters. The SMILES string of the molecule is [AlH3].[AlH3].[AlH3].[AlH3].[AlH3].[Co].[Co]. The molecule has 0 aliphatic carbocycles. The van der Waals surface area contributed by atoms with Gasteiger partial charge in [0.05, 0.1) is 0 Å². The van der Waals surface area contributed by atoms with Crippen LogP contribution < -0.4 is 0 Å². The maximum absolute atomic E-state index is 0. The van der Waals surface area contributed by atoms with Gasteiger partial charge in [-0.05, 0) is 0 Å². The van der Waals surface area contributed by atoms with Crippen molar-refractivity contribution in [3.63, 3.8) is 0 Å². The summed E-state index contributed by atoms with van der Waals surface area (Å²) in [7, 11) is 0. The Morgan fingerprint density at radius 1 is 0.286 bits per heavy atom. The Hall–Kier alpha value is 3.68. The molecule has 0 aliphatic rings. The van der Waals surface area contributed by atoms with Crippen LogP contribution in [0.5, 0.6) is 0 Å². The molecule has 0 aromatic carbocycles. The third-order valence-electron chi connectivity index (χ3n) is 0. The van der Waals surface area contributed by atoms with E-state index in [1.165, 1.54) is 0 Å². The fourth-order valence-electron chi connectivity index (χ4n) is 0. The maximum atomic E-state index is 0. The minimum absolute atomic E-state index is 0. The average Bonchev–Trinajstić information content (AvgIpc) is 0. The van der Waals surface area contributed by atoms with Crippen LogP contribution >= 0.6 is 0 Å². The zero-order chi connectivity index (χ0) is 0. The first-order chi connectivity index (χ1) is 0. The molecular formula is H15Al5Co2. The van der Waals surface area contributed by atoms with Crippen LogP contribution in [-0.4, -0.2) is 86.8 Å². The van der Waals surface area contributed by atoms with Gasteiger partial charge in [0.25, 0.3) is 0 Å². The summed E-state index contributed by atoms with van der Waals surface area (Å²) in [6, 6.07) is 0. The van der Waals surface area contributed by atoms with Crippen molar-refractivity contribution in [1.82, 2.24) is 0 Å². The summed E-state index contributed by atoms with van der Waals surface area (Å²) in [5.74, 6) is 0. The fourth-order valence-corrected chi connectivity index (χ4v) is 0. The molecule has 7 heteroatoms. The Morgan fingerprint density at radius 2 is 0.286 bits per heavy atom. The quantitative estimate of drug-likeness (QED) is 0.384. The summed E-state index contributed by atoms with van der Waals surface area (Å²) in [5.41, 5.74) is 0. The Bertz CT molecular complexity index is 6.04. The van der Waals surface area contributed by atoms with Gasteiger partial charge in [0, 0.05) is 33.6 Å². The molecule has 48 valence electrons. The van der Waals surface area contributed by atoms with Gasteiger partial charge in [0.2, 0.25) is 0 Å². The van der Waals surface area contributed by atoms with Crippen molar-refractivity contribution < 1.29 is 33.6 Å². The zero-order valence-corrected chi connectivity index (χ0v) is 2.75. The van der Waals surface area contributed by atoms with Gasteiger partial charge in [-0.2, -0.15) is 0 Å². The Balaban J connectivity index is 0. The van der Waals surface area contributed by atoms with Gasteiger partial charge >= 0.3 is 0 Å². The first-order valence-electron chi connectivity index (χ1n) is 0. The maximum Gasteiger partial charge on any atom is 0.187 e. The van der Waals surface area contributed by atoms with E-state index in [1.54, 1.807) is 0 Å². The number of hydrogen-bond donors (Lipinski definition) is 0. The van der Waals surface area contributed by atoms with Crippen LogP contribution in [0.1, 0.15) is 0 Å². The molecule has 0 aromatic rings. The molecule has 0 bridgehead atoms. The third kappa shape index (κ3) is 42.2. The normalized spacial score (nSPS) is 0. The van der Waals surface area contributed by atoms with Gasteiger partial charge in [-0.15, -0.1) is 0 Å². The smallest absolute Gasteiger partial charge is 0 e. The van der Waals surface area contributed by atoms with E-state index in [2.05, 4.69) is 0 Å². The fraction of sp³-hybridized carbons (Fsp3) is 0. The van der Waals surface area contributed by atoms with Crippen LogP contribution in [0.2, 0.25) is 0 Å². The molecule has 7 heavy (non-hydrogen) atoms. The van der Waals surface area contributed by atoms with E-state index in [1.807, 2.05) is 0 Å². The summed E-state index contributed by atoms with van der Waals surface area (Å²) >= 11 is 0. The van der Waals surface area contributed by atoms with E-state index in [0.29, 0.717) is 0 Å². The molecule has 0 N–H and O–H groups in total. The number of rotatable bonds is 0. The second kappa shape index (κ2) is 53.9. The van der Waals surface area contributed by atoms with Gasteiger partial charge in [-0.25, -0.2) is 0 Å². The summed E-state index contributed by atoms with van der Waals surface area (Å²) in [5, 5.41) is 0. The van der Waals surface area contributed by atoms with Crippen molar-refractivity contribution in [2.75, 3.05) is 0 Å². The van der Waals surface area contributed by atoms with Gasteiger partial charge in [-0.1, -0.05) is 0 Å². The molecule has 2 radical (unpaired) electrons. The van der Waals surface area contributed by atoms with E-state index < -0.39 is 0 Å². The predicted octanol–water partition coefficient (Wildman–Crippen LogP) is -5.92. The summed E-state index contributed by atoms with van der Waals surface area (Å²) in [6.45, 7) is 0. The third-order valence-corrected chi connectivity index (χ3v) is 0. The summed E-state index contributed by atoms with van der Waals surface area (Å²) < 4.78 is 0. The van der Waals surface area contributed by atoms with E-state index in [9.17, 15) is 0 Å². The molecule has 0 spiro atoms. The first kappa shape index (κ1) is 74.0. The molecule has 0 nitrogen and oxygen atoms in total. The first-order valence-corrected chi connectivity index (χ1v) is 0. The van der Waals surface area contributed by atoms with Crippen molar-refractivity contribution in [1.29, 1.82) is 0 Å². The van der Waals surface area contributed by atoms with E-state index >= 15 is 0 Å². The molecule has 0 amide bonds. The van der Waals surface area contributed by atoms with E-state index in [0.717, 1.165) is 0 Å². The van der Waals surface area contributed by atoms with Crippen LogP contribution in [0, 0.1) is 0 Å². The molecule has 0 unspecified atom stereocenters. The molecule has 0 rings (SSSR count). The largest absolute Gasteiger partial charge is 0.187 e. The van der Waals surface area contributed by atoms with E-state index in [4.69, 9.17) is 0 Å². The molecule has 0 saturated carbocycles. The molecule has 0 saturated heterocycles. The number of hydrogen-bond acceptors (Lipinski definition) is 0. The Labute approximate surface area is 118 Å². The van der Waals surface area contributed by atoms with Gasteiger partial charge in [0.15, 0.2) is 86.8 Å². The van der Waals surface area contributed by atoms with Crippen LogP contribution in [0.4, 0.5) is 0 Å². The Kier molecular flexibility index (Phi) is 570. The van der Waals surface area contributed by atoms with Crippen molar-refractivity contribution in [2.45, 2.75) is 0 Å². The summed E-state index contributed by atoms with van der Waals surface area (Å²) in [6.07, 6.45) is 0. The van der Waals surface area contributed by atoms with Crippen LogP contribution in [0.3, 0.4) is 0 Å². The topological polar surface area (TPSA) is 0 Å². The van der Waals surface area contributed by atoms with Crippen LogP contribution in [0.25, 0.3) is 0 Å². The standard InChI is InChI=1S/5Al.2Co.15H. The molecular weight excluding hydrogens is 253 g/mol. The van der Waals surface area contributed by atoms with Crippen molar-refractivity contribution in [2.24, 2.45) is 0 Å². The molecule has 0 aliphatic heterocycles. The minimum Gasteiger partial charge on any atom is 0 e. The van der Waals surface area contributed by atoms with Crippen LogP contribution in [0.15, 0.2) is 0 Å². The van der Waals surface area contributed by atoms with Gasteiger partial charge in [0.1, 0.15) is 0 Å². The second-order valence-corrected chi connectivity index (χ2v) is 0. The monoisotopic (exact) mass is 268 g/mol. The Morgan fingerprint density at radius 3 is 0.286 bits per heavy atom. The van der Waals surface area contributed by atoms with E-state index in [-0.39, 0.29) is 120 Å². The zero-order valence-electron chi connectivity index (χ0n) is 0.667. The van der Waals surface area contributed by atoms with Gasteiger partial charge in [-0.3, -0.25) is 0 Å². The minimum atomic E-state index is 0. The average molecular weight is 268 g/mol. The van der Waals surface area contributed by atoms with Crippen LogP contribution in [-0.2, 0) is 33.6 Å². The molecule has 0 heterocycles. The predicted molar refractivity (Wildman–Crippen MR) is 49.7 cm³/mol. The van der Waals surface area contributed by atoms with Crippen molar-refractivity contribution in [3.05, 3.63) is 0 Å².